The van der Waals surface area contributed by atoms with Crippen molar-refractivity contribution in [1.29, 1.82) is 0 Å². The normalized spacial score (nSPS) is 11.6. The summed E-state index contributed by atoms with van der Waals surface area (Å²) in [6.45, 7) is 0.0950. The Labute approximate surface area is 218 Å². The predicted molar refractivity (Wildman–Crippen MR) is 142 cm³/mol. The number of hydrogen-bond acceptors (Lipinski definition) is 6. The number of ether oxygens (including phenoxy) is 3. The molecule has 2 amide bonds. The summed E-state index contributed by atoms with van der Waals surface area (Å²) in [6, 6.07) is 19.4. The lowest BCUT2D eigenvalue weighted by Crippen LogP contribution is -2.45. The molecule has 0 bridgehead atoms. The molecule has 38 heavy (non-hydrogen) atoms. The highest BCUT2D eigenvalue weighted by Crippen LogP contribution is 2.38. The number of nitrogens with two attached hydrogens (primary N) is 1. The van der Waals surface area contributed by atoms with Crippen molar-refractivity contribution in [3.63, 3.8) is 0 Å². The molecule has 10 nitrogen and oxygen atoms in total. The van der Waals surface area contributed by atoms with Crippen molar-refractivity contribution < 1.29 is 33.4 Å². The summed E-state index contributed by atoms with van der Waals surface area (Å²) in [5, 5.41) is 3.73. The first-order valence-corrected chi connectivity index (χ1v) is 11.8. The Balaban J connectivity index is 1.70. The number of nitrogens with one attached hydrogen (secondary N) is 1. The highest BCUT2D eigenvalue weighted by Gasteiger charge is 2.29. The number of primary amides is 1. The number of fused-ring (bicyclic) bond motifs is 3. The molecule has 1 aromatic heterocycles. The van der Waals surface area contributed by atoms with E-state index in [0.29, 0.717) is 28.6 Å². The molecule has 0 radical (unpaired) electrons. The lowest BCUT2D eigenvalue weighted by atomic mass is 10.1. The maximum Gasteiger partial charge on any atom is 0.485 e. The van der Waals surface area contributed by atoms with Crippen LogP contribution in [-0.4, -0.2) is 60.0 Å². The van der Waals surface area contributed by atoms with Gasteiger partial charge in [0.05, 0.1) is 23.5 Å². The second kappa shape index (κ2) is 11.5. The fourth-order valence-corrected chi connectivity index (χ4v) is 4.39. The van der Waals surface area contributed by atoms with Gasteiger partial charge >= 0.3 is 11.9 Å². The monoisotopic (exact) mass is 518 g/mol. The van der Waals surface area contributed by atoms with Crippen LogP contribution in [0.25, 0.3) is 21.8 Å². The van der Waals surface area contributed by atoms with Gasteiger partial charge in [0.25, 0.3) is 5.91 Å². The van der Waals surface area contributed by atoms with Gasteiger partial charge in [-0.05, 0) is 29.8 Å². The molecular formula is C28H28N3O7+. The Morgan fingerprint density at radius 3 is 2.26 bits per heavy atom. The first-order chi connectivity index (χ1) is 18.3. The maximum atomic E-state index is 12.7. The van der Waals surface area contributed by atoms with E-state index in [2.05, 4.69) is 9.88 Å². The highest BCUT2D eigenvalue weighted by molar-refractivity contribution is 6.19. The van der Waals surface area contributed by atoms with Crippen molar-refractivity contribution in [2.75, 3.05) is 20.8 Å². The van der Waals surface area contributed by atoms with Crippen molar-refractivity contribution in [3.8, 4) is 5.75 Å². The predicted octanol–water partition coefficient (Wildman–Crippen LogP) is 2.52. The third kappa shape index (κ3) is 5.44. The zero-order chi connectivity index (χ0) is 27.2. The van der Waals surface area contributed by atoms with E-state index < -0.39 is 36.4 Å². The van der Waals surface area contributed by atoms with Crippen molar-refractivity contribution in [2.24, 2.45) is 5.73 Å². The average Bonchev–Trinajstić information content (AvgIpc) is 3.25. The van der Waals surface area contributed by atoms with E-state index in [1.54, 1.807) is 24.3 Å². The Bertz CT molecular complexity index is 1510. The van der Waals surface area contributed by atoms with Crippen LogP contribution < -0.4 is 15.8 Å². The average molecular weight is 519 g/mol. The standard InChI is InChI=1S/C28H27N3O7/c1-36-24(33)14-19(28(35)37-2)30-23(32)16-38-22-13-7-12-21-26(22)25-18(27(29)34)10-6-11-20(25)31(21)15-17-8-4-3-5-9-17/h3-13,19H,14-16H2,1-2H3,(H2,29,34)(H,30,32)/p+1/t19-/m0/s1. The summed E-state index contributed by atoms with van der Waals surface area (Å²) < 4.78 is 17.4. The third-order valence-corrected chi connectivity index (χ3v) is 6.12. The SMILES string of the molecule is COC(=O)[C@H](CC(=[OH+])OC)NC(=O)COc1cccc2c1c1c(C(N)=O)cccc1n2Cc1ccccc1. The van der Waals surface area contributed by atoms with Crippen LogP contribution in [0.1, 0.15) is 22.3 Å². The number of methoxy groups -OCH3 is 2. The molecular weight excluding hydrogens is 490 g/mol. The quantitative estimate of drug-likeness (QED) is 0.244. The molecule has 10 heteroatoms. The molecule has 0 saturated carbocycles. The van der Waals surface area contributed by atoms with Gasteiger partial charge < -0.3 is 34.6 Å². The van der Waals surface area contributed by atoms with E-state index in [1.165, 1.54) is 14.2 Å². The van der Waals surface area contributed by atoms with Crippen molar-refractivity contribution in [3.05, 3.63) is 77.9 Å². The van der Waals surface area contributed by atoms with E-state index in [0.717, 1.165) is 16.6 Å². The number of carbonyl (C=O) groups is 3. The minimum absolute atomic E-state index is 0.278. The Kier molecular flexibility index (Phi) is 7.91. The van der Waals surface area contributed by atoms with Crippen LogP contribution in [0.15, 0.2) is 66.7 Å². The number of rotatable bonds is 10. The van der Waals surface area contributed by atoms with E-state index in [4.69, 9.17) is 19.9 Å². The molecule has 4 N–H and O–H groups in total. The number of esters is 2. The first kappa shape index (κ1) is 26.2. The summed E-state index contributed by atoms with van der Waals surface area (Å²) in [5.74, 6) is -2.03. The van der Waals surface area contributed by atoms with Crippen LogP contribution in [-0.2, 0) is 25.6 Å². The summed E-state index contributed by atoms with van der Waals surface area (Å²) in [7, 11) is 2.41. The molecule has 0 aliphatic carbocycles. The summed E-state index contributed by atoms with van der Waals surface area (Å²) in [4.78, 5) is 46.7. The van der Waals surface area contributed by atoms with Gasteiger partial charge in [-0.1, -0.05) is 42.5 Å². The van der Waals surface area contributed by atoms with Crippen LogP contribution in [0.2, 0.25) is 0 Å². The van der Waals surface area contributed by atoms with Gasteiger partial charge in [-0.25, -0.2) is 4.79 Å². The minimum atomic E-state index is -1.17. The molecule has 1 heterocycles. The van der Waals surface area contributed by atoms with Crippen LogP contribution >= 0.6 is 0 Å². The molecule has 4 rings (SSSR count). The molecule has 4 aromatic rings. The molecule has 0 unspecified atom stereocenters. The number of nitrogens with zero attached hydrogens (tertiary/aromatic N) is 1. The Morgan fingerprint density at radius 2 is 1.61 bits per heavy atom. The fraction of sp³-hybridized carbons (Fsp3) is 0.214. The van der Waals surface area contributed by atoms with E-state index in [-0.39, 0.29) is 6.42 Å². The zero-order valence-electron chi connectivity index (χ0n) is 21.0. The molecule has 3 aromatic carbocycles. The van der Waals surface area contributed by atoms with Gasteiger partial charge in [-0.2, -0.15) is 0 Å². The van der Waals surface area contributed by atoms with Crippen LogP contribution in [0, 0.1) is 0 Å². The second-order valence-corrected chi connectivity index (χ2v) is 8.52. The van der Waals surface area contributed by atoms with Crippen LogP contribution in [0.4, 0.5) is 0 Å². The van der Waals surface area contributed by atoms with Gasteiger partial charge in [-0.3, -0.25) is 9.59 Å². The Hall–Kier alpha value is -4.86. The van der Waals surface area contributed by atoms with Crippen LogP contribution in [0.5, 0.6) is 5.75 Å². The smallest absolute Gasteiger partial charge is 0.483 e. The largest absolute Gasteiger partial charge is 0.485 e. The fourth-order valence-electron chi connectivity index (χ4n) is 4.39. The van der Waals surface area contributed by atoms with E-state index in [9.17, 15) is 19.2 Å². The minimum Gasteiger partial charge on any atom is -0.483 e. The number of aromatic nitrogens is 1. The lowest BCUT2D eigenvalue weighted by molar-refractivity contribution is -0.145. The number of amides is 2. The van der Waals surface area contributed by atoms with E-state index in [1.807, 2.05) is 42.5 Å². The molecule has 0 spiro atoms. The molecule has 0 saturated heterocycles. The zero-order valence-corrected chi connectivity index (χ0v) is 21.0. The summed E-state index contributed by atoms with van der Waals surface area (Å²) >= 11 is 0. The highest BCUT2D eigenvalue weighted by atomic mass is 16.5. The maximum absolute atomic E-state index is 12.7. The number of benzene rings is 3. The van der Waals surface area contributed by atoms with Crippen LogP contribution in [0.3, 0.4) is 0 Å². The number of hydrogen-bond donors (Lipinski definition) is 2. The second-order valence-electron chi connectivity index (χ2n) is 8.52. The van der Waals surface area contributed by atoms with Gasteiger partial charge in [0.1, 0.15) is 18.2 Å². The Morgan fingerprint density at radius 1 is 0.921 bits per heavy atom. The van der Waals surface area contributed by atoms with Gasteiger partial charge in [0.2, 0.25) is 5.91 Å². The summed E-state index contributed by atoms with van der Waals surface area (Å²) in [6.07, 6.45) is -0.278. The van der Waals surface area contributed by atoms with Crippen molar-refractivity contribution in [1.82, 2.24) is 9.88 Å². The molecule has 196 valence electrons. The van der Waals surface area contributed by atoms with Gasteiger partial charge in [-0.15, -0.1) is 0 Å². The van der Waals surface area contributed by atoms with Gasteiger partial charge in [0, 0.05) is 17.5 Å². The molecule has 0 aliphatic rings. The topological polar surface area (TPSA) is 143 Å². The van der Waals surface area contributed by atoms with Crippen molar-refractivity contribution >= 4 is 45.6 Å². The lowest BCUT2D eigenvalue weighted by Gasteiger charge is -2.14. The molecule has 0 fully saturated rings. The first-order valence-electron chi connectivity index (χ1n) is 11.8. The number of carbonyl (C=O) groups excluding carboxylic acids is 4. The molecule has 1 atom stereocenters. The molecule has 0 aliphatic heterocycles. The third-order valence-electron chi connectivity index (χ3n) is 6.12. The summed E-state index contributed by atoms with van der Waals surface area (Å²) in [5.41, 5.74) is 8.70. The van der Waals surface area contributed by atoms with E-state index >= 15 is 0 Å². The van der Waals surface area contributed by atoms with Crippen molar-refractivity contribution in [2.45, 2.75) is 19.0 Å². The van der Waals surface area contributed by atoms with Gasteiger partial charge in [0.15, 0.2) is 13.7 Å².